The van der Waals surface area contributed by atoms with Crippen LogP contribution < -0.4 is 16.0 Å². The highest BCUT2D eigenvalue weighted by Crippen LogP contribution is 2.35. The van der Waals surface area contributed by atoms with Crippen LogP contribution in [0.3, 0.4) is 0 Å². The van der Waals surface area contributed by atoms with Crippen molar-refractivity contribution in [3.63, 3.8) is 0 Å². The quantitative estimate of drug-likeness (QED) is 0.328. The van der Waals surface area contributed by atoms with E-state index in [0.29, 0.717) is 28.7 Å². The van der Waals surface area contributed by atoms with Crippen molar-refractivity contribution in [3.8, 4) is 11.8 Å². The maximum Gasteiger partial charge on any atom is 0.416 e. The number of pyridine rings is 1. The van der Waals surface area contributed by atoms with Gasteiger partial charge in [-0.2, -0.15) is 13.2 Å². The number of nitrogens with one attached hydrogen (secondary N) is 3. The summed E-state index contributed by atoms with van der Waals surface area (Å²) >= 11 is 1.26. The zero-order chi connectivity index (χ0) is 29.7. The van der Waals surface area contributed by atoms with Crippen LogP contribution in [-0.2, 0) is 17.5 Å². The van der Waals surface area contributed by atoms with E-state index in [1.807, 2.05) is 4.90 Å². The maximum atomic E-state index is 13.9. The Bertz CT molecular complexity index is 1500. The number of amides is 3. The molecule has 0 unspecified atom stereocenters. The fourth-order valence-corrected chi connectivity index (χ4v) is 5.17. The molecule has 9 nitrogen and oxygen atoms in total. The number of alkyl halides is 3. The summed E-state index contributed by atoms with van der Waals surface area (Å²) in [6.07, 6.45) is 0.271. The fourth-order valence-electron chi connectivity index (χ4n) is 4.49. The molecule has 0 spiro atoms. The molecule has 3 aromatic rings. The van der Waals surface area contributed by atoms with Gasteiger partial charge in [0.15, 0.2) is 5.13 Å². The molecule has 1 aromatic carbocycles. The highest BCUT2D eigenvalue weighted by atomic mass is 32.1. The number of hydrogen-bond donors (Lipinski definition) is 3. The summed E-state index contributed by atoms with van der Waals surface area (Å²) in [7, 11) is 0. The minimum absolute atomic E-state index is 0.0186. The van der Waals surface area contributed by atoms with Gasteiger partial charge in [0.05, 0.1) is 16.6 Å². The average Bonchev–Trinajstić information content (AvgIpc) is 3.72. The lowest BCUT2D eigenvalue weighted by Gasteiger charge is -2.34. The number of carbonyl (C=O) groups is 2. The van der Waals surface area contributed by atoms with Gasteiger partial charge in [-0.1, -0.05) is 30.2 Å². The molecular formula is C29H30F3N7O2S. The van der Waals surface area contributed by atoms with E-state index in [-0.39, 0.29) is 35.4 Å². The summed E-state index contributed by atoms with van der Waals surface area (Å²) < 4.78 is 41.7. The van der Waals surface area contributed by atoms with Crippen LogP contribution in [0.1, 0.15) is 41.3 Å². The summed E-state index contributed by atoms with van der Waals surface area (Å²) in [6, 6.07) is 6.32. The van der Waals surface area contributed by atoms with Gasteiger partial charge in [-0.3, -0.25) is 15.0 Å². The molecule has 13 heteroatoms. The van der Waals surface area contributed by atoms with Gasteiger partial charge in [0.1, 0.15) is 5.82 Å². The van der Waals surface area contributed by atoms with Crippen LogP contribution in [0, 0.1) is 17.8 Å². The van der Waals surface area contributed by atoms with Crippen LogP contribution in [0.25, 0.3) is 0 Å². The van der Waals surface area contributed by atoms with Crippen molar-refractivity contribution in [1.82, 2.24) is 19.8 Å². The van der Waals surface area contributed by atoms with Crippen molar-refractivity contribution >= 4 is 39.9 Å². The summed E-state index contributed by atoms with van der Waals surface area (Å²) in [5.74, 6) is 6.15. The molecule has 42 heavy (non-hydrogen) atoms. The number of piperazine rings is 1. The lowest BCUT2D eigenvalue weighted by Crippen LogP contribution is -2.45. The predicted octanol–water partition coefficient (Wildman–Crippen LogP) is 5.09. The van der Waals surface area contributed by atoms with E-state index in [2.05, 4.69) is 49.6 Å². The molecule has 1 saturated heterocycles. The SMILES string of the molecule is CCN1CCN(Cc2ccc(NC(=O)Nc3cc(C#Cc4cnc(NC(=O)C5CC5)s4)ccn3)cc2C(F)(F)F)CC1. The van der Waals surface area contributed by atoms with Crippen LogP contribution >= 0.6 is 11.3 Å². The first-order valence-corrected chi connectivity index (χ1v) is 14.5. The third-order valence-corrected chi connectivity index (χ3v) is 7.82. The van der Waals surface area contributed by atoms with Gasteiger partial charge in [-0.05, 0) is 55.1 Å². The number of carbonyl (C=O) groups excluding carboxylic acids is 2. The molecule has 2 aliphatic rings. The van der Waals surface area contributed by atoms with Gasteiger partial charge in [-0.15, -0.1) is 0 Å². The second-order valence-corrected chi connectivity index (χ2v) is 11.2. The molecule has 3 heterocycles. The van der Waals surface area contributed by atoms with Gasteiger partial charge in [0, 0.05) is 56.1 Å². The van der Waals surface area contributed by atoms with E-state index in [0.717, 1.165) is 38.5 Å². The van der Waals surface area contributed by atoms with E-state index in [4.69, 9.17) is 0 Å². The third-order valence-electron chi connectivity index (χ3n) is 6.99. The van der Waals surface area contributed by atoms with Crippen molar-refractivity contribution in [2.45, 2.75) is 32.5 Å². The molecule has 0 bridgehead atoms. The number of likely N-dealkylation sites (N-methyl/N-ethyl adjacent to an activating group) is 1. The highest BCUT2D eigenvalue weighted by molar-refractivity contribution is 7.16. The number of rotatable bonds is 7. The molecule has 0 atom stereocenters. The number of halogens is 3. The normalized spacial score (nSPS) is 15.9. The van der Waals surface area contributed by atoms with Crippen LogP contribution in [0.2, 0.25) is 0 Å². The molecular weight excluding hydrogens is 567 g/mol. The van der Waals surface area contributed by atoms with E-state index in [9.17, 15) is 22.8 Å². The number of aromatic nitrogens is 2. The molecule has 0 radical (unpaired) electrons. The first-order valence-electron chi connectivity index (χ1n) is 13.6. The lowest BCUT2D eigenvalue weighted by atomic mass is 10.0. The van der Waals surface area contributed by atoms with Gasteiger partial charge in [0.2, 0.25) is 5.91 Å². The van der Waals surface area contributed by atoms with E-state index in [1.54, 1.807) is 18.3 Å². The first-order chi connectivity index (χ1) is 20.2. The standard InChI is InChI=1S/C29H30F3N7O2S/c1-2-38-11-13-39(14-12-38)18-21-6-7-22(16-24(21)29(30,31)32)35-27(41)36-25-15-19(9-10-33-25)3-8-23-17-34-28(42-23)37-26(40)20-4-5-20/h6-7,9-10,15-17,20H,2,4-5,11-14,18H2,1H3,(H,34,37,40)(H2,33,35,36,41). The Morgan fingerprint density at radius 2 is 1.76 bits per heavy atom. The number of anilines is 3. The molecule has 5 rings (SSSR count). The van der Waals surface area contributed by atoms with Crippen molar-refractivity contribution in [2.24, 2.45) is 5.92 Å². The van der Waals surface area contributed by atoms with Gasteiger partial charge in [0.25, 0.3) is 0 Å². The van der Waals surface area contributed by atoms with Crippen LogP contribution in [-0.4, -0.2) is 64.4 Å². The van der Waals surface area contributed by atoms with Crippen molar-refractivity contribution in [3.05, 3.63) is 64.3 Å². The highest BCUT2D eigenvalue weighted by Gasteiger charge is 2.34. The molecule has 2 aromatic heterocycles. The van der Waals surface area contributed by atoms with E-state index >= 15 is 0 Å². The van der Waals surface area contributed by atoms with Crippen LogP contribution in [0.4, 0.5) is 34.6 Å². The number of urea groups is 1. The van der Waals surface area contributed by atoms with E-state index < -0.39 is 17.8 Å². The molecule has 220 valence electrons. The van der Waals surface area contributed by atoms with Gasteiger partial charge in [-0.25, -0.2) is 14.8 Å². The molecule has 2 fully saturated rings. The van der Waals surface area contributed by atoms with E-state index in [1.165, 1.54) is 29.7 Å². The summed E-state index contributed by atoms with van der Waals surface area (Å²) in [4.78, 5) is 37.7. The Kier molecular flexibility index (Phi) is 9.06. The minimum Gasteiger partial charge on any atom is -0.308 e. The van der Waals surface area contributed by atoms with Crippen LogP contribution in [0.15, 0.2) is 42.7 Å². The number of benzene rings is 1. The minimum atomic E-state index is -4.56. The summed E-state index contributed by atoms with van der Waals surface area (Å²) in [5, 5.41) is 8.27. The van der Waals surface area contributed by atoms with Crippen LogP contribution in [0.5, 0.6) is 0 Å². The lowest BCUT2D eigenvalue weighted by molar-refractivity contribution is -0.138. The van der Waals surface area contributed by atoms with Crippen molar-refractivity contribution in [2.75, 3.05) is 48.7 Å². The number of nitrogens with zero attached hydrogens (tertiary/aromatic N) is 4. The van der Waals surface area contributed by atoms with Gasteiger partial charge >= 0.3 is 12.2 Å². The first kappa shape index (κ1) is 29.5. The molecule has 3 N–H and O–H groups in total. The fraction of sp³-hybridized carbons (Fsp3) is 0.379. The zero-order valence-corrected chi connectivity index (χ0v) is 23.7. The summed E-state index contributed by atoms with van der Waals surface area (Å²) in [6.45, 7) is 6.23. The molecule has 1 aliphatic carbocycles. The second kappa shape index (κ2) is 12.9. The topological polar surface area (TPSA) is 102 Å². The monoisotopic (exact) mass is 597 g/mol. The second-order valence-electron chi connectivity index (χ2n) is 10.1. The Balaban J connectivity index is 1.19. The molecule has 1 aliphatic heterocycles. The Labute approximate surface area is 245 Å². The largest absolute Gasteiger partial charge is 0.416 e. The maximum absolute atomic E-state index is 13.9. The molecule has 1 saturated carbocycles. The average molecular weight is 598 g/mol. The molecule has 3 amide bonds. The third kappa shape index (κ3) is 8.06. The smallest absolute Gasteiger partial charge is 0.308 e. The predicted molar refractivity (Wildman–Crippen MR) is 155 cm³/mol. The Morgan fingerprint density at radius 3 is 2.48 bits per heavy atom. The number of thiazole rings is 1. The summed E-state index contributed by atoms with van der Waals surface area (Å²) in [5.41, 5.74) is -0.0255. The number of hydrogen-bond acceptors (Lipinski definition) is 7. The zero-order valence-electron chi connectivity index (χ0n) is 22.9. The Morgan fingerprint density at radius 1 is 1.00 bits per heavy atom. The Hall–Kier alpha value is -3.99. The van der Waals surface area contributed by atoms with Crippen molar-refractivity contribution in [1.29, 1.82) is 0 Å². The van der Waals surface area contributed by atoms with Gasteiger partial charge < -0.3 is 15.5 Å². The van der Waals surface area contributed by atoms with Crippen molar-refractivity contribution < 1.29 is 22.8 Å².